The molecule has 13 rings (SSSR count). The first-order chi connectivity index (χ1) is 26.3. The van der Waals surface area contributed by atoms with Crippen LogP contribution >= 0.6 is 0 Å². The molecule has 0 aliphatic heterocycles. The summed E-state index contributed by atoms with van der Waals surface area (Å²) >= 11 is 0. The first-order valence-electron chi connectivity index (χ1n) is 18.1. The number of anilines is 3. The van der Waals surface area contributed by atoms with Crippen LogP contribution in [0.25, 0.3) is 98.3 Å². The Balaban J connectivity index is 1.25. The molecule has 0 atom stereocenters. The van der Waals surface area contributed by atoms with E-state index in [1.165, 1.54) is 48.6 Å². The van der Waals surface area contributed by atoms with Crippen molar-refractivity contribution in [3.05, 3.63) is 164 Å². The van der Waals surface area contributed by atoms with Crippen molar-refractivity contribution < 1.29 is 0 Å². The quantitative estimate of drug-likeness (QED) is 0.187. The lowest BCUT2D eigenvalue weighted by molar-refractivity contribution is 1.23. The molecule has 0 bridgehead atoms. The topological polar surface area (TPSA) is 37.8 Å². The largest absolute Gasteiger partial charge is 0.308 e. The van der Waals surface area contributed by atoms with E-state index < -0.39 is 0 Å². The van der Waals surface area contributed by atoms with Crippen molar-refractivity contribution in [2.75, 3.05) is 4.90 Å². The molecule has 0 amide bonds. The van der Waals surface area contributed by atoms with Crippen LogP contribution in [-0.4, -0.2) is 18.8 Å². The SMILES string of the molecule is c1ccc(N(c2ccccc2)c2cccc3c4c5ccccc5cc5c6nc7c(nc6n(c23)c54)c2cccc3c4cc5ccccc5cc4n7c32)cc1. The van der Waals surface area contributed by atoms with Gasteiger partial charge in [0.25, 0.3) is 0 Å². The van der Waals surface area contributed by atoms with E-state index >= 15 is 0 Å². The maximum Gasteiger partial charge on any atom is 0.165 e. The van der Waals surface area contributed by atoms with Crippen molar-refractivity contribution in [1.29, 1.82) is 0 Å². The third-order valence-electron chi connectivity index (χ3n) is 11.5. The highest BCUT2D eigenvalue weighted by Crippen LogP contribution is 2.48. The van der Waals surface area contributed by atoms with Gasteiger partial charge in [-0.15, -0.1) is 0 Å². The molecular weight excluding hydrogens is 647 g/mol. The van der Waals surface area contributed by atoms with Crippen molar-refractivity contribution in [1.82, 2.24) is 18.8 Å². The number of hydrogen-bond acceptors (Lipinski definition) is 3. The van der Waals surface area contributed by atoms with E-state index in [4.69, 9.17) is 9.97 Å². The summed E-state index contributed by atoms with van der Waals surface area (Å²) in [6.45, 7) is 0. The zero-order valence-electron chi connectivity index (χ0n) is 28.3. The Morgan fingerprint density at radius 3 is 1.72 bits per heavy atom. The minimum absolute atomic E-state index is 0.875. The molecule has 5 heteroatoms. The highest BCUT2D eigenvalue weighted by molar-refractivity contribution is 6.33. The molecule has 0 N–H and O–H groups in total. The normalized spacial score (nSPS) is 12.5. The molecule has 13 aromatic rings. The highest BCUT2D eigenvalue weighted by atomic mass is 15.2. The van der Waals surface area contributed by atoms with Gasteiger partial charge >= 0.3 is 0 Å². The van der Waals surface area contributed by atoms with Gasteiger partial charge in [0.15, 0.2) is 11.3 Å². The standard InChI is InChI=1S/C48H27N5/c1-3-16-31(17-4-1)51(32-18-5-2-6-19-32)39-24-12-22-35-41-33-20-10-9-15-30(33)26-38-43-48(53(45(35)39)46(38)41)49-42-36-23-11-21-34-37-25-28-13-7-8-14-29(28)27-40(37)52(44(34)36)47(42)50-43/h1-27H. The van der Waals surface area contributed by atoms with E-state index in [2.05, 4.69) is 177 Å². The first-order valence-corrected chi connectivity index (χ1v) is 18.1. The second-order valence-electron chi connectivity index (χ2n) is 14.2. The Morgan fingerprint density at radius 1 is 0.377 bits per heavy atom. The molecule has 0 saturated heterocycles. The van der Waals surface area contributed by atoms with Crippen LogP contribution in [-0.2, 0) is 0 Å². The lowest BCUT2D eigenvalue weighted by atomic mass is 10.0. The average molecular weight is 674 g/mol. The van der Waals surface area contributed by atoms with Crippen LogP contribution in [0, 0.1) is 0 Å². The molecule has 53 heavy (non-hydrogen) atoms. The number of fused-ring (bicyclic) bond motifs is 15. The predicted octanol–water partition coefficient (Wildman–Crippen LogP) is 12.6. The van der Waals surface area contributed by atoms with Gasteiger partial charge in [-0.25, -0.2) is 9.97 Å². The molecule has 5 nitrogen and oxygen atoms in total. The highest BCUT2D eigenvalue weighted by Gasteiger charge is 2.28. The summed E-state index contributed by atoms with van der Waals surface area (Å²) in [5.74, 6) is 0. The van der Waals surface area contributed by atoms with Gasteiger partial charge in [-0.3, -0.25) is 8.80 Å². The van der Waals surface area contributed by atoms with Crippen LogP contribution in [0.2, 0.25) is 0 Å². The minimum Gasteiger partial charge on any atom is -0.308 e. The molecule has 0 aliphatic carbocycles. The number of hydrogen-bond donors (Lipinski definition) is 0. The summed E-state index contributed by atoms with van der Waals surface area (Å²) in [5.41, 5.74) is 11.5. The number of aromatic nitrogens is 4. The molecular formula is C48H27N5. The predicted molar refractivity (Wildman–Crippen MR) is 221 cm³/mol. The molecule has 244 valence electrons. The fraction of sp³-hybridized carbons (Fsp3) is 0. The van der Waals surface area contributed by atoms with Gasteiger partial charge in [-0.1, -0.05) is 115 Å². The molecule has 0 radical (unpaired) electrons. The summed E-state index contributed by atoms with van der Waals surface area (Å²) < 4.78 is 4.76. The molecule has 8 aromatic carbocycles. The van der Waals surface area contributed by atoms with Crippen molar-refractivity contribution in [2.24, 2.45) is 0 Å². The zero-order chi connectivity index (χ0) is 34.4. The van der Waals surface area contributed by atoms with Gasteiger partial charge < -0.3 is 4.90 Å². The van der Waals surface area contributed by atoms with E-state index in [9.17, 15) is 0 Å². The second-order valence-corrected chi connectivity index (χ2v) is 14.2. The summed E-state index contributed by atoms with van der Waals surface area (Å²) in [6.07, 6.45) is 0. The molecule has 0 saturated carbocycles. The zero-order valence-corrected chi connectivity index (χ0v) is 28.3. The number of rotatable bonds is 3. The van der Waals surface area contributed by atoms with E-state index in [0.29, 0.717) is 0 Å². The molecule has 0 unspecified atom stereocenters. The van der Waals surface area contributed by atoms with Crippen LogP contribution in [0.3, 0.4) is 0 Å². The Labute approximate surface area is 301 Å². The maximum absolute atomic E-state index is 5.67. The van der Waals surface area contributed by atoms with Gasteiger partial charge in [0.2, 0.25) is 0 Å². The molecule has 5 heterocycles. The Bertz CT molecular complexity index is 3580. The molecule has 0 fully saturated rings. The smallest absolute Gasteiger partial charge is 0.165 e. The number of para-hydroxylation sites is 4. The van der Waals surface area contributed by atoms with Crippen molar-refractivity contribution >= 4 is 115 Å². The lowest BCUT2D eigenvalue weighted by Gasteiger charge is -2.26. The molecule has 0 spiro atoms. The fourth-order valence-corrected chi connectivity index (χ4v) is 9.33. The van der Waals surface area contributed by atoms with Crippen LogP contribution in [0.4, 0.5) is 17.1 Å². The Hall–Kier alpha value is -7.24. The van der Waals surface area contributed by atoms with E-state index in [-0.39, 0.29) is 0 Å². The summed E-state index contributed by atoms with van der Waals surface area (Å²) in [5, 5.41) is 12.0. The monoisotopic (exact) mass is 673 g/mol. The van der Waals surface area contributed by atoms with Crippen molar-refractivity contribution in [2.45, 2.75) is 0 Å². The third-order valence-corrected chi connectivity index (χ3v) is 11.5. The van der Waals surface area contributed by atoms with Crippen LogP contribution in [0.15, 0.2) is 164 Å². The van der Waals surface area contributed by atoms with Gasteiger partial charge in [-0.05, 0) is 70.1 Å². The van der Waals surface area contributed by atoms with Gasteiger partial charge in [0.1, 0.15) is 11.0 Å². The third kappa shape index (κ3) is 3.42. The van der Waals surface area contributed by atoms with Crippen LogP contribution in [0.1, 0.15) is 0 Å². The summed E-state index contributed by atoms with van der Waals surface area (Å²) in [4.78, 5) is 13.7. The summed E-state index contributed by atoms with van der Waals surface area (Å²) in [6, 6.07) is 59.0. The second kappa shape index (κ2) is 9.75. The number of benzene rings is 8. The van der Waals surface area contributed by atoms with Crippen LogP contribution < -0.4 is 4.90 Å². The Morgan fingerprint density at radius 2 is 0.943 bits per heavy atom. The van der Waals surface area contributed by atoms with Gasteiger partial charge in [-0.2, -0.15) is 0 Å². The molecule has 0 aliphatic rings. The van der Waals surface area contributed by atoms with Gasteiger partial charge in [0, 0.05) is 43.7 Å². The summed E-state index contributed by atoms with van der Waals surface area (Å²) in [7, 11) is 0. The lowest BCUT2D eigenvalue weighted by Crippen LogP contribution is -2.10. The van der Waals surface area contributed by atoms with E-state index in [1.54, 1.807) is 0 Å². The minimum atomic E-state index is 0.875. The van der Waals surface area contributed by atoms with E-state index in [1.807, 2.05) is 0 Å². The molecule has 5 aromatic heterocycles. The van der Waals surface area contributed by atoms with Crippen molar-refractivity contribution in [3.8, 4) is 0 Å². The average Bonchev–Trinajstić information content (AvgIpc) is 3.93. The number of nitrogens with zero attached hydrogens (tertiary/aromatic N) is 5. The van der Waals surface area contributed by atoms with Crippen molar-refractivity contribution in [3.63, 3.8) is 0 Å². The van der Waals surface area contributed by atoms with Gasteiger partial charge in [0.05, 0.1) is 27.8 Å². The van der Waals surface area contributed by atoms with E-state index in [0.717, 1.165) is 66.7 Å². The fourth-order valence-electron chi connectivity index (χ4n) is 9.33. The van der Waals surface area contributed by atoms with Crippen LogP contribution in [0.5, 0.6) is 0 Å². The first kappa shape index (κ1) is 27.5. The maximum atomic E-state index is 5.67. The Kier molecular flexibility index (Phi) is 5.06.